The maximum absolute atomic E-state index is 10.0. The van der Waals surface area contributed by atoms with Crippen LogP contribution in [-0.4, -0.2) is 71.4 Å². The Bertz CT molecular complexity index is 620. The van der Waals surface area contributed by atoms with Crippen molar-refractivity contribution in [1.82, 2.24) is 20.0 Å². The van der Waals surface area contributed by atoms with Crippen molar-refractivity contribution < 1.29 is 25.2 Å². The summed E-state index contributed by atoms with van der Waals surface area (Å²) in [7, 11) is 0. The van der Waals surface area contributed by atoms with Crippen LogP contribution in [0.15, 0.2) is 30.7 Å². The van der Waals surface area contributed by atoms with Crippen molar-refractivity contribution in [1.29, 1.82) is 0 Å². The molecule has 3 rings (SSSR count). The Balaban J connectivity index is 1.86. The van der Waals surface area contributed by atoms with Crippen LogP contribution in [0, 0.1) is 0 Å². The molecule has 3 heterocycles. The van der Waals surface area contributed by atoms with Crippen LogP contribution in [0.5, 0.6) is 0 Å². The topological polar surface area (TPSA) is 134 Å². The van der Waals surface area contributed by atoms with Gasteiger partial charge in [0.2, 0.25) is 0 Å². The fraction of sp³-hybridized carbons (Fsp3) is 0.462. The molecule has 0 amide bonds. The number of aromatic nitrogens is 4. The van der Waals surface area contributed by atoms with Gasteiger partial charge in [0.15, 0.2) is 6.23 Å². The second-order valence-corrected chi connectivity index (χ2v) is 5.04. The van der Waals surface area contributed by atoms with Crippen LogP contribution in [0.3, 0.4) is 0 Å². The third-order valence-corrected chi connectivity index (χ3v) is 3.60. The van der Waals surface area contributed by atoms with Gasteiger partial charge in [0.25, 0.3) is 0 Å². The molecule has 0 unspecified atom stereocenters. The molecule has 1 aliphatic rings. The average Bonchev–Trinajstić information content (AvgIpc) is 3.04. The number of aliphatic hydroxyl groups excluding tert-OH is 4. The summed E-state index contributed by atoms with van der Waals surface area (Å²) in [5.74, 6) is 0. The van der Waals surface area contributed by atoms with E-state index in [-0.39, 0.29) is 0 Å². The zero-order valence-electron chi connectivity index (χ0n) is 11.5. The molecule has 0 bridgehead atoms. The van der Waals surface area contributed by atoms with E-state index in [0.717, 1.165) is 5.56 Å². The monoisotopic (exact) mass is 308 g/mol. The van der Waals surface area contributed by atoms with Crippen molar-refractivity contribution in [3.05, 3.63) is 30.7 Å². The number of hydrogen-bond acceptors (Lipinski definition) is 8. The van der Waals surface area contributed by atoms with Gasteiger partial charge in [-0.1, -0.05) is 5.21 Å². The van der Waals surface area contributed by atoms with Crippen LogP contribution in [-0.2, 0) is 4.74 Å². The van der Waals surface area contributed by atoms with Crippen LogP contribution >= 0.6 is 0 Å². The van der Waals surface area contributed by atoms with Crippen LogP contribution < -0.4 is 0 Å². The van der Waals surface area contributed by atoms with E-state index in [0.29, 0.717) is 5.69 Å². The predicted molar refractivity (Wildman–Crippen MR) is 72.3 cm³/mol. The Morgan fingerprint density at radius 1 is 1.18 bits per heavy atom. The SMILES string of the molecule is OC[C@H]1O[C@H](n2cc(-c3cccnc3)nn2)[C@@H](O)[C@@H](O)[C@@H]1O. The van der Waals surface area contributed by atoms with Crippen LogP contribution in [0.25, 0.3) is 11.3 Å². The molecule has 4 N–H and O–H groups in total. The van der Waals surface area contributed by atoms with Gasteiger partial charge in [-0.2, -0.15) is 0 Å². The van der Waals surface area contributed by atoms with E-state index in [1.807, 2.05) is 0 Å². The van der Waals surface area contributed by atoms with Crippen molar-refractivity contribution in [3.8, 4) is 11.3 Å². The highest BCUT2D eigenvalue weighted by Crippen LogP contribution is 2.28. The third-order valence-electron chi connectivity index (χ3n) is 3.60. The zero-order chi connectivity index (χ0) is 15.7. The van der Waals surface area contributed by atoms with Crippen LogP contribution in [0.2, 0.25) is 0 Å². The van der Waals surface area contributed by atoms with E-state index in [1.54, 1.807) is 24.5 Å². The molecule has 1 aliphatic heterocycles. The lowest BCUT2D eigenvalue weighted by atomic mass is 9.98. The van der Waals surface area contributed by atoms with Crippen molar-refractivity contribution in [2.45, 2.75) is 30.6 Å². The summed E-state index contributed by atoms with van der Waals surface area (Å²) in [6.45, 7) is -0.494. The van der Waals surface area contributed by atoms with Gasteiger partial charge in [-0.05, 0) is 12.1 Å². The number of aliphatic hydroxyl groups is 4. The fourth-order valence-electron chi connectivity index (χ4n) is 2.35. The van der Waals surface area contributed by atoms with Gasteiger partial charge in [0, 0.05) is 18.0 Å². The molecule has 2 aromatic rings. The molecule has 9 heteroatoms. The number of rotatable bonds is 3. The zero-order valence-corrected chi connectivity index (χ0v) is 11.5. The van der Waals surface area contributed by atoms with E-state index in [4.69, 9.17) is 4.74 Å². The van der Waals surface area contributed by atoms with Crippen molar-refractivity contribution >= 4 is 0 Å². The van der Waals surface area contributed by atoms with Gasteiger partial charge in [-0.15, -0.1) is 5.10 Å². The first-order chi connectivity index (χ1) is 10.6. The van der Waals surface area contributed by atoms with E-state index >= 15 is 0 Å². The molecule has 0 saturated carbocycles. The largest absolute Gasteiger partial charge is 0.394 e. The number of ether oxygens (including phenoxy) is 1. The number of pyridine rings is 1. The Labute approximate surface area is 125 Å². The Hall–Kier alpha value is -1.91. The third kappa shape index (κ3) is 2.60. The molecule has 0 aromatic carbocycles. The molecule has 0 radical (unpaired) electrons. The van der Waals surface area contributed by atoms with Gasteiger partial charge >= 0.3 is 0 Å². The maximum Gasteiger partial charge on any atom is 0.180 e. The van der Waals surface area contributed by atoms with E-state index < -0.39 is 37.3 Å². The summed E-state index contributed by atoms with van der Waals surface area (Å²) < 4.78 is 6.64. The first-order valence-corrected chi connectivity index (χ1v) is 6.74. The molecule has 2 aromatic heterocycles. The minimum absolute atomic E-state index is 0.494. The molecule has 9 nitrogen and oxygen atoms in total. The van der Waals surface area contributed by atoms with Crippen LogP contribution in [0.4, 0.5) is 0 Å². The summed E-state index contributed by atoms with van der Waals surface area (Å²) >= 11 is 0. The fourth-order valence-corrected chi connectivity index (χ4v) is 2.35. The number of nitrogens with zero attached hydrogens (tertiary/aromatic N) is 4. The lowest BCUT2D eigenvalue weighted by Crippen LogP contribution is -2.56. The van der Waals surface area contributed by atoms with E-state index in [2.05, 4.69) is 15.3 Å². The summed E-state index contributed by atoms with van der Waals surface area (Å²) in [6.07, 6.45) is -1.54. The lowest BCUT2D eigenvalue weighted by Gasteiger charge is -2.39. The molecule has 0 spiro atoms. The standard InChI is InChI=1S/C13H16N4O5/c18-6-9-10(19)11(20)12(21)13(22-9)17-5-8(15-16-17)7-2-1-3-14-4-7/h1-5,9-13,18-21H,6H2/t9-,10-,11+,12+,13+/m1/s1. The highest BCUT2D eigenvalue weighted by Gasteiger charge is 2.44. The van der Waals surface area contributed by atoms with Gasteiger partial charge in [-0.25, -0.2) is 4.68 Å². The molecule has 5 atom stereocenters. The summed E-state index contributed by atoms with van der Waals surface area (Å²) in [4.78, 5) is 3.98. The number of hydrogen-bond donors (Lipinski definition) is 4. The quantitative estimate of drug-likeness (QED) is 0.528. The lowest BCUT2D eigenvalue weighted by molar-refractivity contribution is -0.254. The Morgan fingerprint density at radius 3 is 2.68 bits per heavy atom. The van der Waals surface area contributed by atoms with Crippen molar-refractivity contribution in [2.24, 2.45) is 0 Å². The molecule has 1 fully saturated rings. The second kappa shape index (κ2) is 6.07. The Kier molecular flexibility index (Phi) is 4.14. The highest BCUT2D eigenvalue weighted by molar-refractivity contribution is 5.55. The molecular formula is C13H16N4O5. The Morgan fingerprint density at radius 2 is 2.00 bits per heavy atom. The van der Waals surface area contributed by atoms with Gasteiger partial charge in [0.05, 0.1) is 12.8 Å². The smallest absolute Gasteiger partial charge is 0.180 e. The molecule has 1 saturated heterocycles. The van der Waals surface area contributed by atoms with Gasteiger partial charge in [0.1, 0.15) is 30.1 Å². The summed E-state index contributed by atoms with van der Waals surface area (Å²) in [5, 5.41) is 46.6. The highest BCUT2D eigenvalue weighted by atomic mass is 16.6. The minimum atomic E-state index is -1.46. The average molecular weight is 308 g/mol. The predicted octanol–water partition coefficient (Wildman–Crippen LogP) is -1.69. The summed E-state index contributed by atoms with van der Waals surface area (Å²) in [6, 6.07) is 3.55. The van der Waals surface area contributed by atoms with E-state index in [1.165, 1.54) is 10.9 Å². The van der Waals surface area contributed by atoms with Crippen LogP contribution in [0.1, 0.15) is 6.23 Å². The molecular weight excluding hydrogens is 292 g/mol. The maximum atomic E-state index is 10.0. The second-order valence-electron chi connectivity index (χ2n) is 5.04. The van der Waals surface area contributed by atoms with Crippen molar-refractivity contribution in [2.75, 3.05) is 6.61 Å². The first kappa shape index (κ1) is 15.0. The molecule has 22 heavy (non-hydrogen) atoms. The van der Waals surface area contributed by atoms with Gasteiger partial charge in [-0.3, -0.25) is 4.98 Å². The van der Waals surface area contributed by atoms with Crippen molar-refractivity contribution in [3.63, 3.8) is 0 Å². The van der Waals surface area contributed by atoms with Gasteiger partial charge < -0.3 is 25.2 Å². The minimum Gasteiger partial charge on any atom is -0.394 e. The van der Waals surface area contributed by atoms with E-state index in [9.17, 15) is 20.4 Å². The molecule has 118 valence electrons. The normalized spacial score (nSPS) is 32.1. The molecule has 0 aliphatic carbocycles. The first-order valence-electron chi connectivity index (χ1n) is 6.74. The summed E-state index contributed by atoms with van der Waals surface area (Å²) in [5.41, 5.74) is 1.25.